The van der Waals surface area contributed by atoms with E-state index in [4.69, 9.17) is 15.2 Å². The summed E-state index contributed by atoms with van der Waals surface area (Å²) in [6.07, 6.45) is 1.40. The molecule has 0 radical (unpaired) electrons. The maximum Gasteiger partial charge on any atom is 0.227 e. The van der Waals surface area contributed by atoms with E-state index < -0.39 is 5.41 Å². The minimum absolute atomic E-state index is 0.0516. The summed E-state index contributed by atoms with van der Waals surface area (Å²) in [7, 11) is 0. The molecule has 6 nitrogen and oxygen atoms in total. The Bertz CT molecular complexity index is 550. The summed E-state index contributed by atoms with van der Waals surface area (Å²) >= 11 is 0. The highest BCUT2D eigenvalue weighted by Gasteiger charge is 2.38. The zero-order valence-corrected chi connectivity index (χ0v) is 14.8. The lowest BCUT2D eigenvalue weighted by molar-refractivity contribution is -0.136. The van der Waals surface area contributed by atoms with Crippen LogP contribution in [0.25, 0.3) is 0 Å². The van der Waals surface area contributed by atoms with E-state index in [0.717, 1.165) is 38.4 Å². The number of nitrogens with one attached hydrogen (secondary N) is 1. The number of carbonyl (C=O) groups excluding carboxylic acids is 1. The molecule has 25 heavy (non-hydrogen) atoms. The van der Waals surface area contributed by atoms with Crippen LogP contribution in [0.4, 0.5) is 0 Å². The standard InChI is InChI=1S/C19H29N3O3/c20-15-19(5-9-24-10-6-19)18(23)21-13-16-1-3-17(4-2-16)14-22-7-11-25-12-8-22/h1-4H,5-15,20H2,(H,21,23). The molecule has 1 aromatic carbocycles. The van der Waals surface area contributed by atoms with Crippen LogP contribution >= 0.6 is 0 Å². The Morgan fingerprint density at radius 1 is 1.04 bits per heavy atom. The van der Waals surface area contributed by atoms with Gasteiger partial charge in [0.15, 0.2) is 0 Å². The molecule has 0 unspecified atom stereocenters. The van der Waals surface area contributed by atoms with Gasteiger partial charge in [-0.15, -0.1) is 0 Å². The van der Waals surface area contributed by atoms with Gasteiger partial charge in [0.25, 0.3) is 0 Å². The van der Waals surface area contributed by atoms with E-state index in [2.05, 4.69) is 34.5 Å². The average Bonchev–Trinajstić information content (AvgIpc) is 2.68. The topological polar surface area (TPSA) is 76.8 Å². The molecule has 0 atom stereocenters. The van der Waals surface area contributed by atoms with Gasteiger partial charge in [-0.3, -0.25) is 9.69 Å². The molecule has 0 bridgehead atoms. The lowest BCUT2D eigenvalue weighted by Crippen LogP contribution is -2.48. The van der Waals surface area contributed by atoms with Gasteiger partial charge in [-0.05, 0) is 24.0 Å². The third-order valence-electron chi connectivity index (χ3n) is 5.31. The highest BCUT2D eigenvalue weighted by atomic mass is 16.5. The van der Waals surface area contributed by atoms with Crippen LogP contribution in [0.3, 0.4) is 0 Å². The summed E-state index contributed by atoms with van der Waals surface area (Å²) in [5.74, 6) is 0.0516. The van der Waals surface area contributed by atoms with Gasteiger partial charge in [0, 0.05) is 45.9 Å². The molecule has 3 N–H and O–H groups in total. The van der Waals surface area contributed by atoms with Crippen molar-refractivity contribution in [2.24, 2.45) is 11.1 Å². The second-order valence-corrected chi connectivity index (χ2v) is 6.98. The second kappa shape index (κ2) is 8.76. The molecule has 2 aliphatic rings. The first-order valence-corrected chi connectivity index (χ1v) is 9.16. The van der Waals surface area contributed by atoms with Crippen LogP contribution in [0.1, 0.15) is 24.0 Å². The number of amides is 1. The Morgan fingerprint density at radius 3 is 2.28 bits per heavy atom. The first-order valence-electron chi connectivity index (χ1n) is 9.16. The van der Waals surface area contributed by atoms with Crippen molar-refractivity contribution in [2.75, 3.05) is 46.1 Å². The molecule has 0 saturated carbocycles. The van der Waals surface area contributed by atoms with Crippen molar-refractivity contribution >= 4 is 5.91 Å². The van der Waals surface area contributed by atoms with Crippen LogP contribution in [0.2, 0.25) is 0 Å². The Labute approximate surface area is 149 Å². The fraction of sp³-hybridized carbons (Fsp3) is 0.632. The molecule has 1 amide bonds. The Balaban J connectivity index is 1.50. The van der Waals surface area contributed by atoms with Gasteiger partial charge in [0.05, 0.1) is 18.6 Å². The van der Waals surface area contributed by atoms with Gasteiger partial charge in [-0.25, -0.2) is 0 Å². The van der Waals surface area contributed by atoms with Gasteiger partial charge in [-0.1, -0.05) is 24.3 Å². The number of hydrogen-bond donors (Lipinski definition) is 2. The van der Waals surface area contributed by atoms with Crippen molar-refractivity contribution in [1.82, 2.24) is 10.2 Å². The molecule has 1 aromatic rings. The molecule has 2 aliphatic heterocycles. The Kier molecular flexibility index (Phi) is 6.42. The molecule has 6 heteroatoms. The van der Waals surface area contributed by atoms with Gasteiger partial charge in [0.2, 0.25) is 5.91 Å². The van der Waals surface area contributed by atoms with E-state index in [1.807, 2.05) is 0 Å². The molecule has 3 rings (SSSR count). The summed E-state index contributed by atoms with van der Waals surface area (Å²) in [6.45, 7) is 6.70. The molecule has 2 heterocycles. The number of carbonyl (C=O) groups is 1. The van der Waals surface area contributed by atoms with Crippen molar-refractivity contribution in [3.05, 3.63) is 35.4 Å². The predicted octanol–water partition coefficient (Wildman–Crippen LogP) is 0.891. The number of hydrogen-bond acceptors (Lipinski definition) is 5. The fourth-order valence-electron chi connectivity index (χ4n) is 3.44. The smallest absolute Gasteiger partial charge is 0.227 e. The van der Waals surface area contributed by atoms with Gasteiger partial charge in [0.1, 0.15) is 0 Å². The number of benzene rings is 1. The van der Waals surface area contributed by atoms with Gasteiger partial charge >= 0.3 is 0 Å². The molecule has 2 fully saturated rings. The molecule has 0 spiro atoms. The Morgan fingerprint density at radius 2 is 1.64 bits per heavy atom. The van der Waals surface area contributed by atoms with E-state index >= 15 is 0 Å². The number of rotatable bonds is 6. The molecule has 0 aromatic heterocycles. The normalized spacial score (nSPS) is 21.0. The monoisotopic (exact) mass is 347 g/mol. The molecule has 138 valence electrons. The summed E-state index contributed by atoms with van der Waals surface area (Å²) in [5, 5.41) is 3.06. The highest BCUT2D eigenvalue weighted by molar-refractivity contribution is 5.83. The van der Waals surface area contributed by atoms with Crippen molar-refractivity contribution in [3.63, 3.8) is 0 Å². The number of nitrogens with zero attached hydrogens (tertiary/aromatic N) is 1. The van der Waals surface area contributed by atoms with Crippen LogP contribution < -0.4 is 11.1 Å². The largest absolute Gasteiger partial charge is 0.381 e. The summed E-state index contributed by atoms with van der Waals surface area (Å²) < 4.78 is 10.7. The first kappa shape index (κ1) is 18.3. The molecule has 0 aliphatic carbocycles. The minimum atomic E-state index is -0.464. The van der Waals surface area contributed by atoms with Crippen LogP contribution in [0.5, 0.6) is 0 Å². The van der Waals surface area contributed by atoms with E-state index in [1.165, 1.54) is 5.56 Å². The average molecular weight is 347 g/mol. The maximum absolute atomic E-state index is 12.6. The lowest BCUT2D eigenvalue weighted by atomic mass is 9.79. The SMILES string of the molecule is NCC1(C(=O)NCc2ccc(CN3CCOCC3)cc2)CCOCC1. The number of morpholine rings is 1. The second-order valence-electron chi connectivity index (χ2n) is 6.98. The summed E-state index contributed by atoms with van der Waals surface area (Å²) in [5.41, 5.74) is 7.82. The first-order chi connectivity index (χ1) is 12.2. The van der Waals surface area contributed by atoms with E-state index in [0.29, 0.717) is 39.1 Å². The minimum Gasteiger partial charge on any atom is -0.381 e. The van der Waals surface area contributed by atoms with Crippen LogP contribution in [-0.4, -0.2) is 56.9 Å². The predicted molar refractivity (Wildman–Crippen MR) is 95.9 cm³/mol. The quantitative estimate of drug-likeness (QED) is 0.799. The Hall–Kier alpha value is -1.47. The maximum atomic E-state index is 12.6. The zero-order valence-electron chi connectivity index (χ0n) is 14.8. The molecular weight excluding hydrogens is 318 g/mol. The van der Waals surface area contributed by atoms with Crippen molar-refractivity contribution in [2.45, 2.75) is 25.9 Å². The summed E-state index contributed by atoms with van der Waals surface area (Å²) in [4.78, 5) is 15.0. The van der Waals surface area contributed by atoms with E-state index in [1.54, 1.807) is 0 Å². The van der Waals surface area contributed by atoms with Gasteiger partial charge in [-0.2, -0.15) is 0 Å². The van der Waals surface area contributed by atoms with Gasteiger partial charge < -0.3 is 20.5 Å². The van der Waals surface area contributed by atoms with Crippen molar-refractivity contribution < 1.29 is 14.3 Å². The van der Waals surface area contributed by atoms with Crippen LogP contribution in [-0.2, 0) is 27.4 Å². The third kappa shape index (κ3) is 4.79. The molecular formula is C19H29N3O3. The fourth-order valence-corrected chi connectivity index (χ4v) is 3.44. The van der Waals surface area contributed by atoms with Crippen molar-refractivity contribution in [1.29, 1.82) is 0 Å². The number of nitrogens with two attached hydrogens (primary N) is 1. The summed E-state index contributed by atoms with van der Waals surface area (Å²) in [6, 6.07) is 8.47. The lowest BCUT2D eigenvalue weighted by Gasteiger charge is -2.34. The van der Waals surface area contributed by atoms with Crippen molar-refractivity contribution in [3.8, 4) is 0 Å². The van der Waals surface area contributed by atoms with E-state index in [-0.39, 0.29) is 5.91 Å². The highest BCUT2D eigenvalue weighted by Crippen LogP contribution is 2.29. The molecule has 2 saturated heterocycles. The third-order valence-corrected chi connectivity index (χ3v) is 5.31. The van der Waals surface area contributed by atoms with Crippen LogP contribution in [0, 0.1) is 5.41 Å². The van der Waals surface area contributed by atoms with E-state index in [9.17, 15) is 4.79 Å². The van der Waals surface area contributed by atoms with Crippen LogP contribution in [0.15, 0.2) is 24.3 Å². The number of ether oxygens (including phenoxy) is 2. The zero-order chi connectivity index (χ0) is 17.5.